The Kier molecular flexibility index (Phi) is 19.5. The van der Waals surface area contributed by atoms with Crippen molar-refractivity contribution in [1.82, 2.24) is 5.32 Å². The number of rotatable bonds is 16. The van der Waals surface area contributed by atoms with Crippen LogP contribution in [0.3, 0.4) is 0 Å². The number of ether oxygens (including phenoxy) is 1. The molecule has 0 aliphatic rings. The van der Waals surface area contributed by atoms with Crippen LogP contribution < -0.4 is 5.32 Å². The van der Waals surface area contributed by atoms with Crippen molar-refractivity contribution in [3.63, 3.8) is 0 Å². The van der Waals surface area contributed by atoms with Gasteiger partial charge in [-0.05, 0) is 61.8 Å². The van der Waals surface area contributed by atoms with E-state index in [2.05, 4.69) is 60.0 Å². The Hall–Kier alpha value is -0.720. The smallest absolute Gasteiger partial charge is 0.333 e. The van der Waals surface area contributed by atoms with E-state index in [0.29, 0.717) is 17.8 Å². The number of hydrogen-bond acceptors (Lipinski definition) is 3. The Morgan fingerprint density at radius 2 is 1.12 bits per heavy atom. The molecule has 0 aromatic rings. The van der Waals surface area contributed by atoms with Crippen LogP contribution in [-0.2, 0) is 14.3 Å². The number of hydrogen-bond donors (Lipinski definition) is 1. The maximum atomic E-state index is 11.3. The van der Waals surface area contributed by atoms with Gasteiger partial charge in [0.15, 0.2) is 0 Å². The van der Waals surface area contributed by atoms with E-state index in [4.69, 9.17) is 4.74 Å². The van der Waals surface area contributed by atoms with Crippen molar-refractivity contribution < 1.29 is 14.3 Å². The third kappa shape index (κ3) is 13.7. The summed E-state index contributed by atoms with van der Waals surface area (Å²) in [4.78, 5) is 22.4. The van der Waals surface area contributed by atoms with E-state index < -0.39 is 14.5 Å². The fourth-order valence-corrected chi connectivity index (χ4v) is 9.96. The molecular formula is C26H53NO3P2+2. The summed E-state index contributed by atoms with van der Waals surface area (Å²) in [7, 11) is -1.43. The molecular weight excluding hydrogens is 436 g/mol. The van der Waals surface area contributed by atoms with E-state index in [1.54, 1.807) is 13.8 Å². The minimum absolute atomic E-state index is 0.00608. The topological polar surface area (TPSA) is 55.4 Å². The van der Waals surface area contributed by atoms with Gasteiger partial charge in [0.1, 0.15) is 0 Å². The summed E-state index contributed by atoms with van der Waals surface area (Å²) in [5.74, 6) is -0.262. The standard InChI is InChI=1S/C13H26NOP.C13H26O2P/c1-6-16(7-2,8-3)11-9-10-14-13(15)12(4)5;1-6-16(7-2,8-3)11-9-10-15-13(14)12(4)5/h2*4,6-11H2,1-3,5H3/q;+1/p+1. The summed E-state index contributed by atoms with van der Waals surface area (Å²) in [6.45, 7) is 25.8. The third-order valence-corrected chi connectivity index (χ3v) is 17.4. The van der Waals surface area contributed by atoms with Crippen LogP contribution in [0.25, 0.3) is 0 Å². The maximum absolute atomic E-state index is 11.3. The molecule has 1 N–H and O–H groups in total. The zero-order valence-corrected chi connectivity index (χ0v) is 24.3. The highest BCUT2D eigenvalue weighted by atomic mass is 31.2. The fraction of sp³-hybridized carbons (Fsp3) is 0.769. The first kappa shape index (κ1) is 33.5. The van der Waals surface area contributed by atoms with Crippen LogP contribution in [0.15, 0.2) is 24.3 Å². The first-order valence-electron chi connectivity index (χ1n) is 12.5. The quantitative estimate of drug-likeness (QED) is 0.113. The molecule has 0 heterocycles. The van der Waals surface area contributed by atoms with E-state index in [0.717, 1.165) is 19.4 Å². The van der Waals surface area contributed by atoms with Crippen molar-refractivity contribution >= 4 is 26.4 Å². The number of amides is 1. The maximum Gasteiger partial charge on any atom is 0.333 e. The van der Waals surface area contributed by atoms with E-state index in [9.17, 15) is 9.59 Å². The highest BCUT2D eigenvalue weighted by Crippen LogP contribution is 2.58. The van der Waals surface area contributed by atoms with Crippen molar-refractivity contribution in [3.8, 4) is 0 Å². The molecule has 0 aliphatic heterocycles. The fourth-order valence-electron chi connectivity index (χ4n) is 3.75. The van der Waals surface area contributed by atoms with Gasteiger partial charge >= 0.3 is 5.97 Å². The molecule has 0 saturated heterocycles. The van der Waals surface area contributed by atoms with Gasteiger partial charge in [0.25, 0.3) is 0 Å². The van der Waals surface area contributed by atoms with Gasteiger partial charge in [0.05, 0.1) is 55.9 Å². The third-order valence-electron chi connectivity index (χ3n) is 6.87. The Morgan fingerprint density at radius 1 is 0.719 bits per heavy atom. The van der Waals surface area contributed by atoms with Crippen LogP contribution in [0.2, 0.25) is 0 Å². The van der Waals surface area contributed by atoms with Crippen molar-refractivity contribution in [2.75, 3.05) is 62.4 Å². The predicted octanol–water partition coefficient (Wildman–Crippen LogP) is 6.72. The molecule has 188 valence electrons. The second-order valence-corrected chi connectivity index (χ2v) is 18.7. The molecule has 6 heteroatoms. The lowest BCUT2D eigenvalue weighted by atomic mass is 10.3. The van der Waals surface area contributed by atoms with E-state index >= 15 is 0 Å². The van der Waals surface area contributed by atoms with Crippen LogP contribution in [0.4, 0.5) is 0 Å². The molecule has 0 spiro atoms. The average Bonchev–Trinajstić information content (AvgIpc) is 2.80. The lowest BCUT2D eigenvalue weighted by molar-refractivity contribution is -0.138. The van der Waals surface area contributed by atoms with E-state index in [1.165, 1.54) is 49.3 Å². The van der Waals surface area contributed by atoms with Crippen LogP contribution in [-0.4, -0.2) is 74.3 Å². The van der Waals surface area contributed by atoms with Crippen LogP contribution in [0.1, 0.15) is 68.2 Å². The summed E-state index contributed by atoms with van der Waals surface area (Å²) >= 11 is 0. The normalized spacial score (nSPS) is 11.2. The van der Waals surface area contributed by atoms with Gasteiger partial charge in [-0.2, -0.15) is 0 Å². The Balaban J connectivity index is 0. The molecule has 0 rings (SSSR count). The molecule has 0 fully saturated rings. The summed E-state index contributed by atoms with van der Waals surface area (Å²) in [5.41, 5.74) is 1.09. The largest absolute Gasteiger partial charge is 0.462 e. The summed E-state index contributed by atoms with van der Waals surface area (Å²) < 4.78 is 5.11. The summed E-state index contributed by atoms with van der Waals surface area (Å²) in [6, 6.07) is 0. The molecule has 32 heavy (non-hydrogen) atoms. The van der Waals surface area contributed by atoms with Crippen molar-refractivity contribution in [1.29, 1.82) is 0 Å². The molecule has 1 amide bonds. The van der Waals surface area contributed by atoms with Gasteiger partial charge in [0, 0.05) is 38.6 Å². The van der Waals surface area contributed by atoms with Gasteiger partial charge in [-0.15, -0.1) is 0 Å². The molecule has 0 aromatic heterocycles. The monoisotopic (exact) mass is 489 g/mol. The number of carbonyl (C=O) groups is 2. The predicted molar refractivity (Wildman–Crippen MR) is 150 cm³/mol. The summed E-state index contributed by atoms with van der Waals surface area (Å²) in [6.07, 6.45) is 12.6. The van der Waals surface area contributed by atoms with E-state index in [-0.39, 0.29) is 11.9 Å². The summed E-state index contributed by atoms with van der Waals surface area (Å²) in [5, 5.41) is 2.91. The number of carbonyl (C=O) groups excluding carboxylic acids is 2. The minimum Gasteiger partial charge on any atom is -0.462 e. The van der Waals surface area contributed by atoms with Gasteiger partial charge in [0.2, 0.25) is 5.91 Å². The van der Waals surface area contributed by atoms with Crippen LogP contribution in [0.5, 0.6) is 0 Å². The van der Waals surface area contributed by atoms with Crippen molar-refractivity contribution in [2.45, 2.75) is 68.2 Å². The molecule has 0 aromatic carbocycles. The lowest BCUT2D eigenvalue weighted by Gasteiger charge is -2.23. The second-order valence-electron chi connectivity index (χ2n) is 8.69. The first-order chi connectivity index (χ1) is 15.0. The highest BCUT2D eigenvalue weighted by molar-refractivity contribution is 7.76. The van der Waals surface area contributed by atoms with Crippen molar-refractivity contribution in [3.05, 3.63) is 24.3 Å². The Labute approximate surface area is 201 Å². The second kappa shape index (κ2) is 18.7. The lowest BCUT2D eigenvalue weighted by Crippen LogP contribution is -2.25. The van der Waals surface area contributed by atoms with Crippen LogP contribution in [0, 0.1) is 0 Å². The minimum atomic E-state index is -0.736. The molecule has 0 bridgehead atoms. The van der Waals surface area contributed by atoms with E-state index in [1.807, 2.05) is 0 Å². The first-order valence-corrected chi connectivity index (χ1v) is 17.5. The highest BCUT2D eigenvalue weighted by Gasteiger charge is 2.30. The van der Waals surface area contributed by atoms with Gasteiger partial charge in [-0.1, -0.05) is 13.2 Å². The number of nitrogens with one attached hydrogen (secondary N) is 1. The molecule has 4 nitrogen and oxygen atoms in total. The average molecular weight is 490 g/mol. The molecule has 0 saturated carbocycles. The molecule has 0 aliphatic carbocycles. The number of esters is 1. The molecule has 0 unspecified atom stereocenters. The van der Waals surface area contributed by atoms with Gasteiger partial charge in [-0.25, -0.2) is 4.79 Å². The Bertz CT molecular complexity index is 501. The van der Waals surface area contributed by atoms with Gasteiger partial charge in [-0.3, -0.25) is 4.79 Å². The SMILES string of the molecule is C=C(C)C(=O)NCCC[P+](CC)(CC)CC.C=C(C)C(=O)OCCC[P+](CC)(CC)CC. The zero-order chi connectivity index (χ0) is 25.2. The molecule has 0 atom stereocenters. The molecule has 0 radical (unpaired) electrons. The zero-order valence-electron chi connectivity index (χ0n) is 22.5. The Morgan fingerprint density at radius 3 is 1.47 bits per heavy atom. The van der Waals surface area contributed by atoms with Gasteiger partial charge < -0.3 is 10.1 Å². The van der Waals surface area contributed by atoms with Crippen molar-refractivity contribution in [2.24, 2.45) is 0 Å². The van der Waals surface area contributed by atoms with Crippen LogP contribution >= 0.6 is 14.5 Å².